The predicted octanol–water partition coefficient (Wildman–Crippen LogP) is 3.64. The van der Waals surface area contributed by atoms with Gasteiger partial charge in [0.15, 0.2) is 0 Å². The third kappa shape index (κ3) is 2.51. The number of aryl methyl sites for hydroxylation is 1. The predicted molar refractivity (Wildman–Crippen MR) is 70.1 cm³/mol. The summed E-state index contributed by atoms with van der Waals surface area (Å²) in [5.74, 6) is -0.435. The van der Waals surface area contributed by atoms with E-state index in [0.717, 1.165) is 4.47 Å². The Morgan fingerprint density at radius 3 is 2.72 bits per heavy atom. The summed E-state index contributed by atoms with van der Waals surface area (Å²) in [4.78, 5) is 15.2. The molecule has 0 aliphatic heterocycles. The van der Waals surface area contributed by atoms with Crippen LogP contribution in [-0.4, -0.2) is 16.1 Å². The van der Waals surface area contributed by atoms with Crippen LogP contribution in [0.15, 0.2) is 41.0 Å². The average Bonchev–Trinajstić information content (AvgIpc) is 2.31. The van der Waals surface area contributed by atoms with E-state index >= 15 is 0 Å². The number of carboxylic acids is 1. The largest absolute Gasteiger partial charge is 0.477 e. The van der Waals surface area contributed by atoms with E-state index in [0.29, 0.717) is 11.3 Å². The van der Waals surface area contributed by atoms with Crippen LogP contribution in [0, 0.1) is 6.92 Å². The van der Waals surface area contributed by atoms with Gasteiger partial charge >= 0.3 is 5.97 Å². The molecule has 1 aromatic carbocycles. The molecule has 2 aromatic rings. The number of hydrogen-bond acceptors (Lipinski definition) is 3. The monoisotopic (exact) mass is 307 g/mol. The van der Waals surface area contributed by atoms with Gasteiger partial charge in [-0.05, 0) is 46.6 Å². The third-order valence-electron chi connectivity index (χ3n) is 2.38. The second kappa shape index (κ2) is 5.18. The van der Waals surface area contributed by atoms with E-state index in [9.17, 15) is 4.79 Å². The fourth-order valence-corrected chi connectivity index (χ4v) is 1.87. The molecule has 0 aliphatic carbocycles. The quantitative estimate of drug-likeness (QED) is 0.940. The van der Waals surface area contributed by atoms with Gasteiger partial charge in [0.1, 0.15) is 11.3 Å². The lowest BCUT2D eigenvalue weighted by molar-refractivity contribution is 0.0692. The summed E-state index contributed by atoms with van der Waals surface area (Å²) in [6.07, 6.45) is 1.52. The number of aromatic carboxylic acids is 1. The van der Waals surface area contributed by atoms with Crippen LogP contribution in [0.3, 0.4) is 0 Å². The van der Waals surface area contributed by atoms with Crippen molar-refractivity contribution in [3.05, 3.63) is 52.1 Å². The second-order valence-electron chi connectivity index (χ2n) is 3.65. The second-order valence-corrected chi connectivity index (χ2v) is 4.50. The summed E-state index contributed by atoms with van der Waals surface area (Å²) in [7, 11) is 0. The Hall–Kier alpha value is -1.88. The van der Waals surface area contributed by atoms with Crippen molar-refractivity contribution in [2.45, 2.75) is 6.92 Å². The van der Waals surface area contributed by atoms with Crippen molar-refractivity contribution in [1.82, 2.24) is 4.98 Å². The van der Waals surface area contributed by atoms with Crippen molar-refractivity contribution in [3.8, 4) is 11.6 Å². The maximum Gasteiger partial charge on any atom is 0.341 e. The Morgan fingerprint density at radius 1 is 1.33 bits per heavy atom. The lowest BCUT2D eigenvalue weighted by Gasteiger charge is -2.10. The number of rotatable bonds is 3. The number of carboxylic acid groups (broad SMARTS) is 1. The SMILES string of the molecule is Cc1ccnc(Oc2ccccc2Br)c1C(=O)O. The van der Waals surface area contributed by atoms with Gasteiger partial charge in [-0.25, -0.2) is 9.78 Å². The van der Waals surface area contributed by atoms with Crippen molar-refractivity contribution >= 4 is 21.9 Å². The van der Waals surface area contributed by atoms with Gasteiger partial charge < -0.3 is 9.84 Å². The molecule has 0 radical (unpaired) electrons. The Labute approximate surface area is 112 Å². The van der Waals surface area contributed by atoms with Gasteiger partial charge in [-0.15, -0.1) is 0 Å². The molecule has 0 amide bonds. The Morgan fingerprint density at radius 2 is 2.06 bits per heavy atom. The molecule has 18 heavy (non-hydrogen) atoms. The Balaban J connectivity index is 2.44. The van der Waals surface area contributed by atoms with Crippen molar-refractivity contribution in [2.24, 2.45) is 0 Å². The molecule has 0 unspecified atom stereocenters. The van der Waals surface area contributed by atoms with E-state index in [-0.39, 0.29) is 11.4 Å². The summed E-state index contributed by atoms with van der Waals surface area (Å²) in [6, 6.07) is 8.83. The number of ether oxygens (including phenoxy) is 1. The smallest absolute Gasteiger partial charge is 0.341 e. The number of aromatic nitrogens is 1. The average molecular weight is 308 g/mol. The lowest BCUT2D eigenvalue weighted by atomic mass is 10.1. The standard InChI is InChI=1S/C13H10BrNO3/c1-8-6-7-15-12(11(8)13(16)17)18-10-5-3-2-4-9(10)14/h2-7H,1H3,(H,16,17). The molecule has 1 aromatic heterocycles. The van der Waals surface area contributed by atoms with Crippen LogP contribution in [-0.2, 0) is 0 Å². The molecule has 4 nitrogen and oxygen atoms in total. The minimum atomic E-state index is -1.05. The maximum atomic E-state index is 11.2. The summed E-state index contributed by atoms with van der Waals surface area (Å²) >= 11 is 3.33. The summed E-state index contributed by atoms with van der Waals surface area (Å²) in [5, 5.41) is 9.16. The highest BCUT2D eigenvalue weighted by Crippen LogP contribution is 2.30. The zero-order valence-electron chi connectivity index (χ0n) is 9.55. The van der Waals surface area contributed by atoms with Gasteiger partial charge in [0, 0.05) is 6.20 Å². The molecule has 92 valence electrons. The van der Waals surface area contributed by atoms with E-state index in [1.807, 2.05) is 12.1 Å². The first kappa shape index (κ1) is 12.6. The molecule has 2 rings (SSSR count). The summed E-state index contributed by atoms with van der Waals surface area (Å²) in [5.41, 5.74) is 0.688. The number of pyridine rings is 1. The number of halogens is 1. The fourth-order valence-electron chi connectivity index (χ4n) is 1.50. The van der Waals surface area contributed by atoms with Crippen LogP contribution in [0.25, 0.3) is 0 Å². The van der Waals surface area contributed by atoms with Crippen LogP contribution in [0.1, 0.15) is 15.9 Å². The van der Waals surface area contributed by atoms with Crippen LogP contribution in [0.2, 0.25) is 0 Å². The van der Waals surface area contributed by atoms with Crippen LogP contribution in [0.4, 0.5) is 0 Å². The van der Waals surface area contributed by atoms with Gasteiger partial charge in [0.05, 0.1) is 4.47 Å². The van der Waals surface area contributed by atoms with Crippen molar-refractivity contribution in [3.63, 3.8) is 0 Å². The highest BCUT2D eigenvalue weighted by Gasteiger charge is 2.17. The van der Waals surface area contributed by atoms with Crippen LogP contribution < -0.4 is 4.74 Å². The van der Waals surface area contributed by atoms with Crippen molar-refractivity contribution < 1.29 is 14.6 Å². The first-order chi connectivity index (χ1) is 8.59. The molecular formula is C13H10BrNO3. The maximum absolute atomic E-state index is 11.2. The molecule has 0 atom stereocenters. The minimum absolute atomic E-state index is 0.0771. The van der Waals surface area contributed by atoms with Crippen molar-refractivity contribution in [1.29, 1.82) is 0 Å². The highest BCUT2D eigenvalue weighted by atomic mass is 79.9. The van der Waals surface area contributed by atoms with Gasteiger partial charge in [0.2, 0.25) is 5.88 Å². The van der Waals surface area contributed by atoms with Crippen LogP contribution >= 0.6 is 15.9 Å². The van der Waals surface area contributed by atoms with Gasteiger partial charge in [-0.1, -0.05) is 12.1 Å². The van der Waals surface area contributed by atoms with Crippen LogP contribution in [0.5, 0.6) is 11.6 Å². The van der Waals surface area contributed by atoms with E-state index in [1.54, 1.807) is 25.1 Å². The molecule has 0 aliphatic rings. The van der Waals surface area contributed by atoms with Crippen molar-refractivity contribution in [2.75, 3.05) is 0 Å². The molecule has 1 heterocycles. The third-order valence-corrected chi connectivity index (χ3v) is 3.04. The molecule has 0 saturated carbocycles. The normalized spacial score (nSPS) is 10.1. The molecule has 0 saturated heterocycles. The first-order valence-electron chi connectivity index (χ1n) is 5.21. The Bertz CT molecular complexity index is 599. The molecule has 1 N–H and O–H groups in total. The molecule has 5 heteroatoms. The first-order valence-corrected chi connectivity index (χ1v) is 6.00. The lowest BCUT2D eigenvalue weighted by Crippen LogP contribution is -2.04. The van der Waals surface area contributed by atoms with E-state index in [1.165, 1.54) is 6.20 Å². The highest BCUT2D eigenvalue weighted by molar-refractivity contribution is 9.10. The van der Waals surface area contributed by atoms with E-state index < -0.39 is 5.97 Å². The number of carbonyl (C=O) groups is 1. The number of hydrogen-bond donors (Lipinski definition) is 1. The van der Waals surface area contributed by atoms with E-state index in [4.69, 9.17) is 9.84 Å². The number of benzene rings is 1. The zero-order valence-corrected chi connectivity index (χ0v) is 11.1. The fraction of sp³-hybridized carbons (Fsp3) is 0.0769. The summed E-state index contributed by atoms with van der Waals surface area (Å²) in [6.45, 7) is 1.71. The van der Waals surface area contributed by atoms with Gasteiger partial charge in [-0.2, -0.15) is 0 Å². The number of nitrogens with zero attached hydrogens (tertiary/aromatic N) is 1. The Kier molecular flexibility index (Phi) is 3.62. The topological polar surface area (TPSA) is 59.4 Å². The molecule has 0 fully saturated rings. The van der Waals surface area contributed by atoms with Gasteiger partial charge in [-0.3, -0.25) is 0 Å². The zero-order chi connectivity index (χ0) is 13.1. The molecular weight excluding hydrogens is 298 g/mol. The molecule has 0 spiro atoms. The minimum Gasteiger partial charge on any atom is -0.477 e. The number of para-hydroxylation sites is 1. The van der Waals surface area contributed by atoms with Gasteiger partial charge in [0.25, 0.3) is 0 Å². The summed E-state index contributed by atoms with van der Waals surface area (Å²) < 4.78 is 6.28. The molecule has 0 bridgehead atoms. The van der Waals surface area contributed by atoms with E-state index in [2.05, 4.69) is 20.9 Å².